The predicted octanol–water partition coefficient (Wildman–Crippen LogP) is 2.33. The van der Waals surface area contributed by atoms with Gasteiger partial charge in [0.2, 0.25) is 0 Å². The Morgan fingerprint density at radius 1 is 1.38 bits per heavy atom. The topological polar surface area (TPSA) is 47.8 Å². The fourth-order valence-corrected chi connectivity index (χ4v) is 2.57. The van der Waals surface area contributed by atoms with Gasteiger partial charge in [0.25, 0.3) is 0 Å². The summed E-state index contributed by atoms with van der Waals surface area (Å²) in [6.45, 7) is 2.21. The van der Waals surface area contributed by atoms with Crippen molar-refractivity contribution in [2.75, 3.05) is 0 Å². The molecule has 0 bridgehead atoms. The lowest BCUT2D eigenvalue weighted by Crippen LogP contribution is -2.25. The van der Waals surface area contributed by atoms with Crippen molar-refractivity contribution in [3.63, 3.8) is 0 Å². The summed E-state index contributed by atoms with van der Waals surface area (Å²) in [6, 6.07) is 0.408. The van der Waals surface area contributed by atoms with Gasteiger partial charge in [-0.05, 0) is 38.5 Å². The summed E-state index contributed by atoms with van der Waals surface area (Å²) in [4.78, 5) is 10.9. The zero-order valence-corrected chi connectivity index (χ0v) is 9.59. The Morgan fingerprint density at radius 2 is 2.12 bits per heavy atom. The number of rotatable bonds is 4. The minimum atomic E-state index is 0.408. The van der Waals surface area contributed by atoms with Crippen LogP contribution in [-0.2, 0) is 0 Å². The number of hydrogen-bond acceptors (Lipinski definition) is 3. The van der Waals surface area contributed by atoms with Crippen LogP contribution in [0.25, 0.3) is 0 Å². The van der Waals surface area contributed by atoms with Crippen LogP contribution in [0.2, 0.25) is 0 Å². The maximum atomic E-state index is 10.9. The molecule has 1 aromatic rings. The first-order valence-electron chi connectivity index (χ1n) is 6.21. The standard InChI is InChI=1S/C12H17N3O/c1-8(9-3-2-4-9)15-12(10-5-6-10)11(7-16)13-14-15/h7-10H,2-6H2,1H3. The molecule has 4 heteroatoms. The van der Waals surface area contributed by atoms with Crippen molar-refractivity contribution < 1.29 is 4.79 Å². The Labute approximate surface area is 95.0 Å². The first kappa shape index (κ1) is 10.00. The van der Waals surface area contributed by atoms with Crippen LogP contribution in [0.5, 0.6) is 0 Å². The van der Waals surface area contributed by atoms with E-state index in [1.807, 2.05) is 4.68 Å². The fourth-order valence-electron chi connectivity index (χ4n) is 2.57. The maximum Gasteiger partial charge on any atom is 0.172 e. The van der Waals surface area contributed by atoms with E-state index in [1.54, 1.807) is 0 Å². The van der Waals surface area contributed by atoms with Gasteiger partial charge < -0.3 is 0 Å². The fraction of sp³-hybridized carbons (Fsp3) is 0.750. The zero-order valence-electron chi connectivity index (χ0n) is 9.59. The lowest BCUT2D eigenvalue weighted by atomic mass is 9.80. The predicted molar refractivity (Wildman–Crippen MR) is 59.4 cm³/mol. The molecule has 4 nitrogen and oxygen atoms in total. The van der Waals surface area contributed by atoms with E-state index in [0.717, 1.165) is 17.9 Å². The molecule has 86 valence electrons. The number of carbonyl (C=O) groups excluding carboxylic acids is 1. The number of aldehydes is 1. The average molecular weight is 219 g/mol. The monoisotopic (exact) mass is 219 g/mol. The van der Waals surface area contributed by atoms with Crippen LogP contribution in [0.15, 0.2) is 0 Å². The molecule has 1 heterocycles. The van der Waals surface area contributed by atoms with E-state index < -0.39 is 0 Å². The number of carbonyl (C=O) groups is 1. The molecule has 0 aliphatic heterocycles. The average Bonchev–Trinajstić information content (AvgIpc) is 2.94. The molecule has 0 saturated heterocycles. The minimum Gasteiger partial charge on any atom is -0.296 e. The van der Waals surface area contributed by atoms with Crippen molar-refractivity contribution in [3.05, 3.63) is 11.4 Å². The molecule has 2 aliphatic rings. The number of hydrogen-bond donors (Lipinski definition) is 0. The molecular weight excluding hydrogens is 202 g/mol. The first-order chi connectivity index (χ1) is 7.81. The zero-order chi connectivity index (χ0) is 11.1. The second-order valence-electron chi connectivity index (χ2n) is 5.13. The molecule has 2 saturated carbocycles. The van der Waals surface area contributed by atoms with Crippen molar-refractivity contribution >= 4 is 6.29 Å². The third-order valence-corrected chi connectivity index (χ3v) is 4.05. The van der Waals surface area contributed by atoms with Crippen LogP contribution in [0.3, 0.4) is 0 Å². The highest BCUT2D eigenvalue weighted by Gasteiger charge is 2.35. The smallest absolute Gasteiger partial charge is 0.172 e. The van der Waals surface area contributed by atoms with Gasteiger partial charge in [0.1, 0.15) is 5.69 Å². The largest absolute Gasteiger partial charge is 0.296 e. The third-order valence-electron chi connectivity index (χ3n) is 4.05. The Balaban J connectivity index is 1.92. The van der Waals surface area contributed by atoms with Crippen molar-refractivity contribution in [1.29, 1.82) is 0 Å². The van der Waals surface area contributed by atoms with Crippen molar-refractivity contribution in [2.24, 2.45) is 5.92 Å². The molecule has 1 atom stereocenters. The highest BCUT2D eigenvalue weighted by Crippen LogP contribution is 2.44. The molecule has 16 heavy (non-hydrogen) atoms. The van der Waals surface area contributed by atoms with E-state index in [2.05, 4.69) is 17.2 Å². The first-order valence-corrected chi connectivity index (χ1v) is 6.21. The Hall–Kier alpha value is -1.19. The quantitative estimate of drug-likeness (QED) is 0.730. The van der Waals surface area contributed by atoms with E-state index in [1.165, 1.54) is 32.1 Å². The van der Waals surface area contributed by atoms with Crippen molar-refractivity contribution in [1.82, 2.24) is 15.0 Å². The van der Waals surface area contributed by atoms with Gasteiger partial charge >= 0.3 is 0 Å². The summed E-state index contributed by atoms with van der Waals surface area (Å²) in [5, 5.41) is 8.19. The second-order valence-corrected chi connectivity index (χ2v) is 5.13. The molecule has 1 aromatic heterocycles. The van der Waals surface area contributed by atoms with Gasteiger partial charge in [0.15, 0.2) is 6.29 Å². The van der Waals surface area contributed by atoms with E-state index >= 15 is 0 Å². The van der Waals surface area contributed by atoms with Crippen LogP contribution in [0.1, 0.15) is 67.2 Å². The van der Waals surface area contributed by atoms with Crippen LogP contribution in [0, 0.1) is 5.92 Å². The van der Waals surface area contributed by atoms with Crippen LogP contribution < -0.4 is 0 Å². The lowest BCUT2D eigenvalue weighted by Gasteiger charge is -2.32. The number of aromatic nitrogens is 3. The van der Waals surface area contributed by atoms with Crippen LogP contribution >= 0.6 is 0 Å². The van der Waals surface area contributed by atoms with Gasteiger partial charge in [-0.2, -0.15) is 0 Å². The molecule has 2 fully saturated rings. The molecule has 0 spiro atoms. The van der Waals surface area contributed by atoms with Crippen molar-refractivity contribution in [3.8, 4) is 0 Å². The highest BCUT2D eigenvalue weighted by atomic mass is 16.1. The maximum absolute atomic E-state index is 10.9. The van der Waals surface area contributed by atoms with Crippen LogP contribution in [0.4, 0.5) is 0 Å². The van der Waals surface area contributed by atoms with E-state index in [-0.39, 0.29) is 0 Å². The SMILES string of the molecule is CC(C1CCC1)n1nnc(C=O)c1C1CC1. The van der Waals surface area contributed by atoms with Gasteiger partial charge in [-0.3, -0.25) is 4.79 Å². The second kappa shape index (κ2) is 3.68. The summed E-state index contributed by atoms with van der Waals surface area (Å²) >= 11 is 0. The minimum absolute atomic E-state index is 0.408. The van der Waals surface area contributed by atoms with Crippen LogP contribution in [-0.4, -0.2) is 21.3 Å². The lowest BCUT2D eigenvalue weighted by molar-refractivity contribution is 0.111. The molecule has 1 unspecified atom stereocenters. The highest BCUT2D eigenvalue weighted by molar-refractivity contribution is 5.73. The van der Waals surface area contributed by atoms with Gasteiger partial charge in [-0.25, -0.2) is 4.68 Å². The van der Waals surface area contributed by atoms with Gasteiger partial charge in [-0.15, -0.1) is 5.10 Å². The summed E-state index contributed by atoms with van der Waals surface area (Å²) in [5.41, 5.74) is 1.66. The third kappa shape index (κ3) is 1.47. The summed E-state index contributed by atoms with van der Waals surface area (Å²) in [6.07, 6.45) is 7.15. The summed E-state index contributed by atoms with van der Waals surface area (Å²) in [7, 11) is 0. The normalized spacial score (nSPS) is 22.8. The molecule has 0 N–H and O–H groups in total. The summed E-state index contributed by atoms with van der Waals surface area (Å²) in [5.74, 6) is 1.27. The number of nitrogens with zero attached hydrogens (tertiary/aromatic N) is 3. The van der Waals surface area contributed by atoms with Crippen molar-refractivity contribution in [2.45, 2.75) is 51.0 Å². The van der Waals surface area contributed by atoms with Gasteiger partial charge in [0, 0.05) is 5.92 Å². The van der Waals surface area contributed by atoms with Gasteiger partial charge in [-0.1, -0.05) is 11.6 Å². The van der Waals surface area contributed by atoms with E-state index in [9.17, 15) is 4.79 Å². The van der Waals surface area contributed by atoms with E-state index in [0.29, 0.717) is 17.7 Å². The molecule has 2 aliphatic carbocycles. The molecular formula is C12H17N3O. The van der Waals surface area contributed by atoms with E-state index in [4.69, 9.17) is 0 Å². The van der Waals surface area contributed by atoms with Gasteiger partial charge in [0.05, 0.1) is 11.7 Å². The molecule has 0 aromatic carbocycles. The molecule has 3 rings (SSSR count). The Morgan fingerprint density at radius 3 is 2.62 bits per heavy atom. The Bertz CT molecular complexity index is 404. The molecule has 0 amide bonds. The Kier molecular flexibility index (Phi) is 2.30. The molecule has 0 radical (unpaired) electrons. The summed E-state index contributed by atoms with van der Waals surface area (Å²) < 4.78 is 2.02.